The molecule has 0 amide bonds. The zero-order chi connectivity index (χ0) is 22.5. The molecule has 1 aromatic carbocycles. The van der Waals surface area contributed by atoms with E-state index < -0.39 is 11.2 Å². The third-order valence-corrected chi connectivity index (χ3v) is 3.31. The van der Waals surface area contributed by atoms with Gasteiger partial charge in [-0.25, -0.2) is 0 Å². The molecule has 1 aromatic rings. The van der Waals surface area contributed by atoms with Crippen LogP contribution in [0.3, 0.4) is 0 Å². The van der Waals surface area contributed by atoms with Crippen LogP contribution in [0.5, 0.6) is 0 Å². The fraction of sp³-hybridized carbons (Fsp3) is 0.720. The molecule has 30 heavy (non-hydrogen) atoms. The van der Waals surface area contributed by atoms with E-state index in [1.54, 1.807) is 20.8 Å². The molecule has 0 aliphatic rings. The topological polar surface area (TPSA) is 81.3 Å². The molecule has 0 spiro atoms. The van der Waals surface area contributed by atoms with Gasteiger partial charge in [0.25, 0.3) is 0 Å². The van der Waals surface area contributed by atoms with E-state index in [9.17, 15) is 4.79 Å². The van der Waals surface area contributed by atoms with Crippen LogP contribution in [-0.4, -0.2) is 52.8 Å². The lowest BCUT2D eigenvalue weighted by atomic mass is 10.0. The Bertz CT molecular complexity index is 551. The summed E-state index contributed by atoms with van der Waals surface area (Å²) in [7, 11) is 1.97. The first kappa shape index (κ1) is 36.0. The number of aliphatic hydroxyl groups is 1. The number of hydrogen-bond donors (Lipinski definition) is 1. The van der Waals surface area contributed by atoms with Gasteiger partial charge in [-0.05, 0) is 93.0 Å². The molecule has 0 bridgehead atoms. The lowest BCUT2D eigenvalue weighted by molar-refractivity contribution is -0.155. The molecular formula is C25H51NO4. The smallest absolute Gasteiger partial charge is 0.320 e. The van der Waals surface area contributed by atoms with Crippen molar-refractivity contribution in [1.82, 2.24) is 4.90 Å². The Hall–Kier alpha value is -1.43. The summed E-state index contributed by atoms with van der Waals surface area (Å²) in [5, 5.41) is 8.52. The van der Waals surface area contributed by atoms with Crippen LogP contribution in [0.4, 0.5) is 0 Å². The van der Waals surface area contributed by atoms with Crippen molar-refractivity contribution in [3.05, 3.63) is 34.9 Å². The summed E-state index contributed by atoms with van der Waals surface area (Å²) in [5.74, 6) is -0.156. The molecule has 0 fully saturated rings. The Balaban J connectivity index is -0.000000329. The minimum Gasteiger partial charge on any atom is -0.459 e. The molecule has 3 N–H and O–H groups in total. The van der Waals surface area contributed by atoms with Gasteiger partial charge >= 0.3 is 5.97 Å². The molecule has 0 atom stereocenters. The second kappa shape index (κ2) is 17.3. The van der Waals surface area contributed by atoms with Crippen molar-refractivity contribution >= 4 is 5.97 Å². The Kier molecular flexibility index (Phi) is 20.7. The van der Waals surface area contributed by atoms with E-state index in [-0.39, 0.29) is 18.9 Å². The number of aryl methyl sites for hydroxylation is 3. The second-order valence-electron chi connectivity index (χ2n) is 9.03. The predicted octanol–water partition coefficient (Wildman–Crippen LogP) is 5.12. The maximum Gasteiger partial charge on any atom is 0.320 e. The summed E-state index contributed by atoms with van der Waals surface area (Å²) in [4.78, 5) is 13.8. The molecule has 0 radical (unpaired) electrons. The summed E-state index contributed by atoms with van der Waals surface area (Å²) >= 11 is 0. The van der Waals surface area contributed by atoms with Gasteiger partial charge in [-0.1, -0.05) is 45.0 Å². The van der Waals surface area contributed by atoms with E-state index in [4.69, 9.17) is 9.84 Å². The van der Waals surface area contributed by atoms with Crippen molar-refractivity contribution in [1.29, 1.82) is 0 Å². The first-order valence-corrected chi connectivity index (χ1v) is 10.4. The Labute approximate surface area is 187 Å². The summed E-state index contributed by atoms with van der Waals surface area (Å²) in [6.45, 7) is 20.4. The largest absolute Gasteiger partial charge is 0.459 e. The van der Waals surface area contributed by atoms with E-state index in [0.717, 1.165) is 19.4 Å². The molecular weight excluding hydrogens is 378 g/mol. The van der Waals surface area contributed by atoms with Crippen molar-refractivity contribution in [2.75, 3.05) is 20.1 Å². The van der Waals surface area contributed by atoms with Gasteiger partial charge in [0.2, 0.25) is 0 Å². The quantitative estimate of drug-likeness (QED) is 0.636. The van der Waals surface area contributed by atoms with E-state index >= 15 is 0 Å². The van der Waals surface area contributed by atoms with Gasteiger partial charge in [-0.3, -0.25) is 9.69 Å². The molecule has 5 heteroatoms. The van der Waals surface area contributed by atoms with Crippen molar-refractivity contribution < 1.29 is 20.1 Å². The maximum absolute atomic E-state index is 11.7. The summed E-state index contributed by atoms with van der Waals surface area (Å²) in [6.07, 6.45) is 2.09. The SMILES string of the molecule is C.CC.CC(C)(C)O.Cc1ccc(C)c(CCCN(C)CC(=O)OC(C)(C)C)c1.O. The van der Waals surface area contributed by atoms with Crippen LogP contribution in [0, 0.1) is 13.8 Å². The van der Waals surface area contributed by atoms with Crippen molar-refractivity contribution in [2.24, 2.45) is 0 Å². The van der Waals surface area contributed by atoms with Gasteiger partial charge < -0.3 is 15.3 Å². The predicted molar refractivity (Wildman–Crippen MR) is 131 cm³/mol. The van der Waals surface area contributed by atoms with Crippen LogP contribution in [0.25, 0.3) is 0 Å². The highest BCUT2D eigenvalue weighted by molar-refractivity contribution is 5.72. The highest BCUT2D eigenvalue weighted by Gasteiger charge is 2.17. The zero-order valence-corrected chi connectivity index (χ0v) is 20.8. The van der Waals surface area contributed by atoms with Crippen molar-refractivity contribution in [3.63, 3.8) is 0 Å². The van der Waals surface area contributed by atoms with Crippen molar-refractivity contribution in [3.8, 4) is 0 Å². The number of rotatable bonds is 6. The fourth-order valence-corrected chi connectivity index (χ4v) is 2.28. The van der Waals surface area contributed by atoms with Gasteiger partial charge in [0, 0.05) is 0 Å². The first-order valence-electron chi connectivity index (χ1n) is 10.4. The standard InChI is InChI=1S/C18H29NO2.C4H10O.C2H6.CH4.H2O/c1-14-9-10-15(2)16(12-14)8-7-11-19(6)13-17(20)21-18(3,4)5;1-4(2,3)5;1-2;;/h9-10,12H,7-8,11,13H2,1-6H3;5H,1-3H3;1-2H3;1H4;1H2. The lowest BCUT2D eigenvalue weighted by Crippen LogP contribution is -2.33. The fourth-order valence-electron chi connectivity index (χ4n) is 2.28. The highest BCUT2D eigenvalue weighted by Crippen LogP contribution is 2.13. The van der Waals surface area contributed by atoms with E-state index in [1.165, 1.54) is 16.7 Å². The Morgan fingerprint density at radius 2 is 1.53 bits per heavy atom. The molecule has 0 aromatic heterocycles. The molecule has 0 heterocycles. The van der Waals surface area contributed by atoms with Gasteiger partial charge in [0.15, 0.2) is 0 Å². The lowest BCUT2D eigenvalue weighted by Gasteiger charge is -2.22. The number of nitrogens with zero attached hydrogens (tertiary/aromatic N) is 1. The van der Waals surface area contributed by atoms with Gasteiger partial charge in [0.1, 0.15) is 5.60 Å². The van der Waals surface area contributed by atoms with Crippen LogP contribution >= 0.6 is 0 Å². The number of ether oxygens (including phenoxy) is 1. The van der Waals surface area contributed by atoms with Crippen molar-refractivity contribution in [2.45, 2.75) is 101 Å². The summed E-state index contributed by atoms with van der Waals surface area (Å²) in [5.41, 5.74) is 3.14. The average Bonchev–Trinajstić information content (AvgIpc) is 2.49. The molecule has 180 valence electrons. The minimum absolute atomic E-state index is 0. The van der Waals surface area contributed by atoms with E-state index in [2.05, 4.69) is 32.0 Å². The van der Waals surface area contributed by atoms with Crippen LogP contribution in [-0.2, 0) is 16.0 Å². The van der Waals surface area contributed by atoms with Crippen LogP contribution in [0.2, 0.25) is 0 Å². The van der Waals surface area contributed by atoms with Crippen LogP contribution in [0.15, 0.2) is 18.2 Å². The zero-order valence-electron chi connectivity index (χ0n) is 20.8. The third kappa shape index (κ3) is 24.6. The highest BCUT2D eigenvalue weighted by atomic mass is 16.6. The van der Waals surface area contributed by atoms with Crippen LogP contribution < -0.4 is 0 Å². The van der Waals surface area contributed by atoms with E-state index in [0.29, 0.717) is 6.54 Å². The number of benzene rings is 1. The molecule has 0 saturated heterocycles. The molecule has 0 unspecified atom stereocenters. The molecule has 5 nitrogen and oxygen atoms in total. The first-order chi connectivity index (χ1) is 12.7. The summed E-state index contributed by atoms with van der Waals surface area (Å²) < 4.78 is 5.33. The summed E-state index contributed by atoms with van der Waals surface area (Å²) in [6, 6.07) is 6.58. The third-order valence-electron chi connectivity index (χ3n) is 3.31. The number of carbonyl (C=O) groups is 1. The maximum atomic E-state index is 11.7. The Morgan fingerprint density at radius 3 is 1.97 bits per heavy atom. The molecule has 0 aliphatic carbocycles. The second-order valence-corrected chi connectivity index (χ2v) is 9.03. The number of carbonyl (C=O) groups excluding carboxylic acids is 1. The Morgan fingerprint density at radius 1 is 1.07 bits per heavy atom. The minimum atomic E-state index is -0.500. The number of hydrogen-bond acceptors (Lipinski definition) is 4. The number of esters is 1. The average molecular weight is 430 g/mol. The van der Waals surface area contributed by atoms with Gasteiger partial charge in [-0.2, -0.15) is 0 Å². The van der Waals surface area contributed by atoms with Gasteiger partial charge in [-0.15, -0.1) is 0 Å². The monoisotopic (exact) mass is 429 g/mol. The normalized spacial score (nSPS) is 10.4. The number of likely N-dealkylation sites (N-methyl/N-ethyl adjacent to an activating group) is 1. The van der Waals surface area contributed by atoms with Gasteiger partial charge in [0.05, 0.1) is 12.1 Å². The molecule has 0 aliphatic heterocycles. The van der Waals surface area contributed by atoms with Crippen LogP contribution in [0.1, 0.15) is 85.9 Å². The molecule has 0 saturated carbocycles. The molecule has 1 rings (SSSR count). The van der Waals surface area contributed by atoms with E-state index in [1.807, 2.05) is 46.6 Å².